The Morgan fingerprint density at radius 2 is 1.02 bits per heavy atom. The second-order valence-corrected chi connectivity index (χ2v) is 13.9. The maximum atomic E-state index is 2.50. The van der Waals surface area contributed by atoms with E-state index in [1.165, 1.54) is 88.4 Å². The SMILES string of the molecule is C[N+]1=Cc2cccc[n+]2C1c1ccc(-c2ccc3cc4c(cc3c2)C2(c3ccccc3-c3ccccc32)c2cc3ccccc3cc2-4)cc1. The first kappa shape index (κ1) is 26.9. The standard InChI is InChI=1S/C47H32N2/c1-48-29-37-12-8-9-23-49(37)46(48)31-19-17-30(18-20-31)34-21-22-35-26-41-40-25-32-10-2-3-11-33(32)27-44(40)47(45(41)28-36(35)24-34)42-15-6-4-13-38(42)39-14-5-7-16-43(39)47/h2-29,46H,1H3/q+2. The van der Waals surface area contributed by atoms with Gasteiger partial charge in [0.1, 0.15) is 7.05 Å². The first-order chi connectivity index (χ1) is 24.2. The molecule has 0 saturated heterocycles. The molecule has 1 atom stereocenters. The largest absolute Gasteiger partial charge is 0.375 e. The summed E-state index contributed by atoms with van der Waals surface area (Å²) in [6.45, 7) is 0. The normalized spacial score (nSPS) is 15.9. The van der Waals surface area contributed by atoms with Crippen LogP contribution in [0.1, 0.15) is 39.7 Å². The van der Waals surface area contributed by atoms with Gasteiger partial charge >= 0.3 is 6.17 Å². The van der Waals surface area contributed by atoms with Crippen LogP contribution in [0.2, 0.25) is 0 Å². The summed E-state index contributed by atoms with van der Waals surface area (Å²) in [6, 6.07) is 59.3. The molecule has 0 radical (unpaired) electrons. The van der Waals surface area contributed by atoms with Gasteiger partial charge in [-0.25, -0.2) is 0 Å². The number of benzene rings is 7. The number of hydrogen-bond donors (Lipinski definition) is 0. The van der Waals surface area contributed by atoms with Gasteiger partial charge in [0.15, 0.2) is 6.20 Å². The Morgan fingerprint density at radius 3 is 1.73 bits per heavy atom. The quantitative estimate of drug-likeness (QED) is 0.169. The lowest BCUT2D eigenvalue weighted by Crippen LogP contribution is -2.42. The van der Waals surface area contributed by atoms with E-state index in [4.69, 9.17) is 0 Å². The highest BCUT2D eigenvalue weighted by atomic mass is 15.2. The molecule has 1 aliphatic heterocycles. The van der Waals surface area contributed by atoms with Crippen LogP contribution < -0.4 is 4.57 Å². The summed E-state index contributed by atoms with van der Waals surface area (Å²) in [5.74, 6) is 0. The van der Waals surface area contributed by atoms with Crippen molar-refractivity contribution in [3.63, 3.8) is 0 Å². The molecule has 1 unspecified atom stereocenters. The average molecular weight is 625 g/mol. The molecule has 1 spiro atoms. The van der Waals surface area contributed by atoms with E-state index < -0.39 is 0 Å². The molecule has 1 aromatic heterocycles. The van der Waals surface area contributed by atoms with Gasteiger partial charge in [-0.15, -0.1) is 4.57 Å². The van der Waals surface area contributed by atoms with Crippen molar-refractivity contribution in [1.29, 1.82) is 0 Å². The van der Waals surface area contributed by atoms with Crippen LogP contribution in [0.25, 0.3) is 54.9 Å². The van der Waals surface area contributed by atoms with Crippen molar-refractivity contribution >= 4 is 27.8 Å². The summed E-state index contributed by atoms with van der Waals surface area (Å²) >= 11 is 0. The molecule has 49 heavy (non-hydrogen) atoms. The Hall–Kier alpha value is -6.12. The number of nitrogens with zero attached hydrogens (tertiary/aromatic N) is 2. The van der Waals surface area contributed by atoms with E-state index in [0.717, 1.165) is 0 Å². The maximum absolute atomic E-state index is 2.50. The minimum Gasteiger partial charge on any atom is -0.168 e. The van der Waals surface area contributed by atoms with Crippen molar-refractivity contribution in [3.05, 3.63) is 197 Å². The lowest BCUT2D eigenvalue weighted by atomic mass is 9.70. The Kier molecular flexibility index (Phi) is 5.33. The number of hydrogen-bond acceptors (Lipinski definition) is 0. The van der Waals surface area contributed by atoms with Crippen molar-refractivity contribution in [2.45, 2.75) is 11.6 Å². The minimum absolute atomic E-state index is 0.163. The summed E-state index contributed by atoms with van der Waals surface area (Å²) < 4.78 is 4.62. The van der Waals surface area contributed by atoms with E-state index in [2.05, 4.69) is 186 Å². The maximum Gasteiger partial charge on any atom is 0.375 e. The zero-order valence-electron chi connectivity index (χ0n) is 27.1. The Labute approximate surface area is 285 Å². The predicted octanol–water partition coefficient (Wildman–Crippen LogP) is 9.91. The molecule has 228 valence electrons. The van der Waals surface area contributed by atoms with E-state index in [1.54, 1.807) is 0 Å². The van der Waals surface area contributed by atoms with Crippen LogP contribution in [0.15, 0.2) is 164 Å². The van der Waals surface area contributed by atoms with Gasteiger partial charge in [0.25, 0.3) is 5.69 Å². The van der Waals surface area contributed by atoms with E-state index in [1.807, 2.05) is 0 Å². The van der Waals surface area contributed by atoms with Gasteiger partial charge in [-0.2, -0.15) is 4.58 Å². The first-order valence-electron chi connectivity index (χ1n) is 17.2. The third kappa shape index (κ3) is 3.55. The van der Waals surface area contributed by atoms with Crippen molar-refractivity contribution in [2.75, 3.05) is 7.05 Å². The summed E-state index contributed by atoms with van der Waals surface area (Å²) in [7, 11) is 2.15. The summed E-state index contributed by atoms with van der Waals surface area (Å²) in [6.07, 6.45) is 4.55. The van der Waals surface area contributed by atoms with Gasteiger partial charge in [-0.1, -0.05) is 97.1 Å². The highest BCUT2D eigenvalue weighted by Crippen LogP contribution is 2.63. The van der Waals surface area contributed by atoms with E-state index in [9.17, 15) is 0 Å². The molecule has 7 aromatic carbocycles. The van der Waals surface area contributed by atoms with Crippen LogP contribution in [-0.4, -0.2) is 17.8 Å². The van der Waals surface area contributed by atoms with Crippen LogP contribution in [0.4, 0.5) is 0 Å². The van der Waals surface area contributed by atoms with Crippen LogP contribution in [0.5, 0.6) is 0 Å². The Morgan fingerprint density at radius 1 is 0.449 bits per heavy atom. The lowest BCUT2D eigenvalue weighted by molar-refractivity contribution is -0.844. The van der Waals surface area contributed by atoms with Crippen LogP contribution >= 0.6 is 0 Å². The minimum atomic E-state index is -0.369. The van der Waals surface area contributed by atoms with Crippen molar-refractivity contribution in [2.24, 2.45) is 0 Å². The average Bonchev–Trinajstić information content (AvgIpc) is 3.75. The van der Waals surface area contributed by atoms with Gasteiger partial charge in [0.05, 0.1) is 11.0 Å². The summed E-state index contributed by atoms with van der Waals surface area (Å²) in [5.41, 5.74) is 15.5. The molecule has 2 heterocycles. The smallest absolute Gasteiger partial charge is 0.168 e. The predicted molar refractivity (Wildman–Crippen MR) is 199 cm³/mol. The highest BCUT2D eigenvalue weighted by molar-refractivity contribution is 6.03. The van der Waals surface area contributed by atoms with Gasteiger partial charge in [-0.05, 0) is 126 Å². The number of rotatable bonds is 2. The first-order valence-corrected chi connectivity index (χ1v) is 17.2. The summed E-state index contributed by atoms with van der Waals surface area (Å²) in [4.78, 5) is 0. The molecular weight excluding hydrogens is 593 g/mol. The third-order valence-electron chi connectivity index (χ3n) is 11.4. The zero-order chi connectivity index (χ0) is 32.3. The lowest BCUT2D eigenvalue weighted by Gasteiger charge is -2.30. The van der Waals surface area contributed by atoms with Gasteiger partial charge in [-0.3, -0.25) is 0 Å². The molecule has 2 nitrogen and oxygen atoms in total. The van der Waals surface area contributed by atoms with Crippen LogP contribution in [0.3, 0.4) is 0 Å². The molecule has 8 aromatic rings. The third-order valence-corrected chi connectivity index (χ3v) is 11.4. The van der Waals surface area contributed by atoms with Crippen molar-refractivity contribution in [3.8, 4) is 33.4 Å². The van der Waals surface area contributed by atoms with Crippen molar-refractivity contribution in [1.82, 2.24) is 0 Å². The van der Waals surface area contributed by atoms with E-state index in [-0.39, 0.29) is 11.6 Å². The second kappa shape index (κ2) is 9.71. The van der Waals surface area contributed by atoms with Gasteiger partial charge in [0, 0.05) is 12.1 Å². The molecule has 0 bridgehead atoms. The fourth-order valence-electron chi connectivity index (χ4n) is 9.26. The molecule has 0 fully saturated rings. The fraction of sp³-hybridized carbons (Fsp3) is 0.0638. The highest BCUT2D eigenvalue weighted by Gasteiger charge is 2.51. The second-order valence-electron chi connectivity index (χ2n) is 13.9. The molecule has 11 rings (SSSR count). The number of pyridine rings is 1. The van der Waals surface area contributed by atoms with Crippen LogP contribution in [-0.2, 0) is 5.41 Å². The molecular formula is C47H32N2+2. The van der Waals surface area contributed by atoms with E-state index in [0.29, 0.717) is 0 Å². The monoisotopic (exact) mass is 624 g/mol. The van der Waals surface area contributed by atoms with E-state index >= 15 is 0 Å². The van der Waals surface area contributed by atoms with Gasteiger partial charge in [0.2, 0.25) is 6.21 Å². The summed E-state index contributed by atoms with van der Waals surface area (Å²) in [5, 5.41) is 5.11. The number of fused-ring (bicyclic) bond motifs is 13. The van der Waals surface area contributed by atoms with Gasteiger partial charge < -0.3 is 0 Å². The molecule has 3 aliphatic rings. The van der Waals surface area contributed by atoms with Crippen LogP contribution in [0, 0.1) is 0 Å². The molecule has 0 amide bonds. The fourth-order valence-corrected chi connectivity index (χ4v) is 9.26. The number of aromatic nitrogens is 1. The Bertz CT molecular complexity index is 2690. The topological polar surface area (TPSA) is 6.89 Å². The molecule has 2 heteroatoms. The molecule has 2 aliphatic carbocycles. The zero-order valence-corrected chi connectivity index (χ0v) is 27.1. The molecule has 0 N–H and O–H groups in total. The van der Waals surface area contributed by atoms with Crippen molar-refractivity contribution < 1.29 is 9.14 Å². The Balaban J connectivity index is 1.10. The molecule has 0 saturated carbocycles.